The molecule has 19 heavy (non-hydrogen) atoms. The molecule has 3 nitrogen and oxygen atoms in total. The Labute approximate surface area is 120 Å². The van der Waals surface area contributed by atoms with Gasteiger partial charge in [0.25, 0.3) is 0 Å². The molecule has 0 aromatic heterocycles. The average molecular weight is 276 g/mol. The van der Waals surface area contributed by atoms with Crippen LogP contribution in [0.15, 0.2) is 24.3 Å². The number of fused-ring (bicyclic) bond motifs is 1. The zero-order valence-corrected chi connectivity index (χ0v) is 12.0. The summed E-state index contributed by atoms with van der Waals surface area (Å²) in [5.41, 5.74) is 2.78. The van der Waals surface area contributed by atoms with Crippen molar-refractivity contribution in [1.29, 1.82) is 0 Å². The molecule has 0 bridgehead atoms. The van der Waals surface area contributed by atoms with Crippen molar-refractivity contribution >= 4 is 24.2 Å². The Morgan fingerprint density at radius 3 is 2.79 bits per heavy atom. The summed E-state index contributed by atoms with van der Waals surface area (Å²) in [6, 6.07) is 8.58. The summed E-state index contributed by atoms with van der Waals surface area (Å²) < 4.78 is 0. The summed E-state index contributed by atoms with van der Waals surface area (Å²) in [5.74, 6) is 1.56. The van der Waals surface area contributed by atoms with E-state index in [4.69, 9.17) is 0 Å². The molecular formula is C15H20N2OS. The number of para-hydroxylation sites is 1. The van der Waals surface area contributed by atoms with Gasteiger partial charge in [-0.05, 0) is 29.7 Å². The highest BCUT2D eigenvalue weighted by Gasteiger charge is 2.29. The van der Waals surface area contributed by atoms with Gasteiger partial charge in [-0.3, -0.25) is 4.79 Å². The fourth-order valence-electron chi connectivity index (χ4n) is 3.07. The van der Waals surface area contributed by atoms with Gasteiger partial charge in [0.2, 0.25) is 5.91 Å². The molecule has 1 amide bonds. The number of hydrogen-bond acceptors (Lipinski definition) is 3. The number of anilines is 1. The van der Waals surface area contributed by atoms with Crippen LogP contribution in [0.25, 0.3) is 0 Å². The molecular weight excluding hydrogens is 256 g/mol. The first kappa shape index (κ1) is 12.9. The maximum Gasteiger partial charge on any atom is 0.223 e. The summed E-state index contributed by atoms with van der Waals surface area (Å²) in [6.45, 7) is 3.76. The van der Waals surface area contributed by atoms with Crippen LogP contribution < -0.4 is 4.90 Å². The third kappa shape index (κ3) is 2.59. The first-order valence-corrected chi connectivity index (χ1v) is 7.62. The van der Waals surface area contributed by atoms with Gasteiger partial charge in [-0.1, -0.05) is 18.2 Å². The molecule has 1 fully saturated rings. The summed E-state index contributed by atoms with van der Waals surface area (Å²) >= 11 is 4.30. The SMILES string of the molecule is O=C1CC(CS)CN1CCN1CCc2ccccc21. The Balaban J connectivity index is 1.58. The van der Waals surface area contributed by atoms with Gasteiger partial charge in [0.05, 0.1) is 0 Å². The van der Waals surface area contributed by atoms with Crippen LogP contribution >= 0.6 is 12.6 Å². The van der Waals surface area contributed by atoms with Crippen LogP contribution in [-0.4, -0.2) is 42.7 Å². The van der Waals surface area contributed by atoms with Crippen molar-refractivity contribution in [2.24, 2.45) is 5.92 Å². The predicted octanol–water partition coefficient (Wildman–Crippen LogP) is 1.83. The van der Waals surface area contributed by atoms with Crippen LogP contribution in [0.1, 0.15) is 12.0 Å². The smallest absolute Gasteiger partial charge is 0.223 e. The molecule has 0 radical (unpaired) electrons. The fraction of sp³-hybridized carbons (Fsp3) is 0.533. The van der Waals surface area contributed by atoms with E-state index in [-0.39, 0.29) is 0 Å². The average Bonchev–Trinajstić information content (AvgIpc) is 3.00. The summed E-state index contributed by atoms with van der Waals surface area (Å²) in [5, 5.41) is 0. The van der Waals surface area contributed by atoms with Gasteiger partial charge in [0.1, 0.15) is 0 Å². The molecule has 0 aliphatic carbocycles. The number of likely N-dealkylation sites (tertiary alicyclic amines) is 1. The third-order valence-electron chi connectivity index (χ3n) is 4.18. The first-order chi connectivity index (χ1) is 9.28. The highest BCUT2D eigenvalue weighted by Crippen LogP contribution is 2.27. The van der Waals surface area contributed by atoms with Crippen molar-refractivity contribution in [2.45, 2.75) is 12.8 Å². The molecule has 4 heteroatoms. The monoisotopic (exact) mass is 276 g/mol. The minimum Gasteiger partial charge on any atom is -0.369 e. The Bertz CT molecular complexity index is 477. The second-order valence-electron chi connectivity index (χ2n) is 5.46. The number of carbonyl (C=O) groups excluding carboxylic acids is 1. The van der Waals surface area contributed by atoms with E-state index < -0.39 is 0 Å². The van der Waals surface area contributed by atoms with Crippen molar-refractivity contribution in [3.8, 4) is 0 Å². The minimum atomic E-state index is 0.298. The van der Waals surface area contributed by atoms with Crippen molar-refractivity contribution in [3.05, 3.63) is 29.8 Å². The molecule has 2 heterocycles. The maximum absolute atomic E-state index is 11.9. The molecule has 0 saturated carbocycles. The largest absolute Gasteiger partial charge is 0.369 e. The fourth-order valence-corrected chi connectivity index (χ4v) is 3.32. The van der Waals surface area contributed by atoms with Crippen LogP contribution in [-0.2, 0) is 11.2 Å². The van der Waals surface area contributed by atoms with Crippen LogP contribution in [0.2, 0.25) is 0 Å². The van der Waals surface area contributed by atoms with Crippen LogP contribution in [0.5, 0.6) is 0 Å². The van der Waals surface area contributed by atoms with Crippen molar-refractivity contribution in [3.63, 3.8) is 0 Å². The standard InChI is InChI=1S/C15H20N2OS/c18-15-9-12(11-19)10-17(15)8-7-16-6-5-13-3-1-2-4-14(13)16/h1-4,12,19H,5-11H2. The summed E-state index contributed by atoms with van der Waals surface area (Å²) in [7, 11) is 0. The van der Waals surface area contributed by atoms with Gasteiger partial charge < -0.3 is 9.80 Å². The van der Waals surface area contributed by atoms with E-state index >= 15 is 0 Å². The molecule has 1 aromatic rings. The van der Waals surface area contributed by atoms with Gasteiger partial charge in [0, 0.05) is 38.3 Å². The number of hydrogen-bond donors (Lipinski definition) is 1. The van der Waals surface area contributed by atoms with E-state index in [0.29, 0.717) is 18.2 Å². The molecule has 2 aliphatic heterocycles. The Morgan fingerprint density at radius 2 is 2.00 bits per heavy atom. The van der Waals surface area contributed by atoms with Crippen LogP contribution in [0, 0.1) is 5.92 Å². The second-order valence-corrected chi connectivity index (χ2v) is 5.82. The second kappa shape index (κ2) is 5.45. The minimum absolute atomic E-state index is 0.298. The van der Waals surface area contributed by atoms with Gasteiger partial charge in [-0.2, -0.15) is 12.6 Å². The zero-order chi connectivity index (χ0) is 13.2. The third-order valence-corrected chi connectivity index (χ3v) is 4.69. The normalized spacial score (nSPS) is 22.2. The van der Waals surface area contributed by atoms with E-state index in [1.165, 1.54) is 11.3 Å². The van der Waals surface area contributed by atoms with Gasteiger partial charge >= 0.3 is 0 Å². The molecule has 1 atom stereocenters. The van der Waals surface area contributed by atoms with Crippen LogP contribution in [0.4, 0.5) is 5.69 Å². The summed E-state index contributed by atoms with van der Waals surface area (Å²) in [4.78, 5) is 16.3. The van der Waals surface area contributed by atoms with E-state index in [0.717, 1.165) is 38.4 Å². The van der Waals surface area contributed by atoms with Crippen LogP contribution in [0.3, 0.4) is 0 Å². The molecule has 1 saturated heterocycles. The lowest BCUT2D eigenvalue weighted by Crippen LogP contribution is -2.35. The van der Waals surface area contributed by atoms with Crippen molar-refractivity contribution in [2.75, 3.05) is 36.8 Å². The lowest BCUT2D eigenvalue weighted by atomic mass is 10.1. The van der Waals surface area contributed by atoms with E-state index in [1.54, 1.807) is 0 Å². The molecule has 0 N–H and O–H groups in total. The lowest BCUT2D eigenvalue weighted by Gasteiger charge is -2.23. The van der Waals surface area contributed by atoms with Crippen molar-refractivity contribution < 1.29 is 4.79 Å². The number of rotatable bonds is 4. The van der Waals surface area contributed by atoms with Gasteiger partial charge in [-0.15, -0.1) is 0 Å². The lowest BCUT2D eigenvalue weighted by molar-refractivity contribution is -0.127. The highest BCUT2D eigenvalue weighted by molar-refractivity contribution is 7.80. The van der Waals surface area contributed by atoms with E-state index in [1.807, 2.05) is 4.90 Å². The van der Waals surface area contributed by atoms with E-state index in [9.17, 15) is 4.79 Å². The topological polar surface area (TPSA) is 23.6 Å². The number of nitrogens with zero attached hydrogens (tertiary/aromatic N) is 2. The highest BCUT2D eigenvalue weighted by atomic mass is 32.1. The Hall–Kier alpha value is -1.16. The maximum atomic E-state index is 11.9. The Kier molecular flexibility index (Phi) is 3.69. The molecule has 0 spiro atoms. The number of thiol groups is 1. The quantitative estimate of drug-likeness (QED) is 0.848. The van der Waals surface area contributed by atoms with Gasteiger partial charge in [0.15, 0.2) is 0 Å². The van der Waals surface area contributed by atoms with Crippen molar-refractivity contribution in [1.82, 2.24) is 4.90 Å². The summed E-state index contributed by atoms with van der Waals surface area (Å²) in [6.07, 6.45) is 1.81. The number of amides is 1. The molecule has 2 aliphatic rings. The predicted molar refractivity (Wildman–Crippen MR) is 80.9 cm³/mol. The number of benzene rings is 1. The zero-order valence-electron chi connectivity index (χ0n) is 11.1. The first-order valence-electron chi connectivity index (χ1n) is 6.99. The molecule has 1 aromatic carbocycles. The Morgan fingerprint density at radius 1 is 1.21 bits per heavy atom. The van der Waals surface area contributed by atoms with E-state index in [2.05, 4.69) is 41.8 Å². The molecule has 102 valence electrons. The number of carbonyl (C=O) groups is 1. The molecule has 3 rings (SSSR count). The van der Waals surface area contributed by atoms with Gasteiger partial charge in [-0.25, -0.2) is 0 Å². The molecule has 1 unspecified atom stereocenters.